The predicted octanol–water partition coefficient (Wildman–Crippen LogP) is 4.50. The molecule has 2 aromatic carbocycles. The van der Waals surface area contributed by atoms with Crippen molar-refractivity contribution in [3.05, 3.63) is 81.0 Å². The Bertz CT molecular complexity index is 1060. The van der Waals surface area contributed by atoms with Gasteiger partial charge in [-0.1, -0.05) is 18.2 Å². The number of esters is 1. The van der Waals surface area contributed by atoms with Gasteiger partial charge >= 0.3 is 5.97 Å². The van der Waals surface area contributed by atoms with Crippen LogP contribution in [0.4, 0.5) is 15.1 Å². The lowest BCUT2D eigenvalue weighted by Gasteiger charge is -2.08. The molecular formula is C19H13FN2O5S. The van der Waals surface area contributed by atoms with Gasteiger partial charge in [-0.25, -0.2) is 9.18 Å². The van der Waals surface area contributed by atoms with Crippen molar-refractivity contribution >= 4 is 33.9 Å². The Morgan fingerprint density at radius 2 is 1.89 bits per heavy atom. The highest BCUT2D eigenvalue weighted by Gasteiger charge is 2.23. The number of nitro benzene ring substituents is 1. The average Bonchev–Trinajstić information content (AvgIpc) is 3.11. The fourth-order valence-corrected chi connectivity index (χ4v) is 3.48. The number of nitrogens with one attached hydrogen (secondary N) is 1. The zero-order chi connectivity index (χ0) is 20.3. The third-order valence-corrected chi connectivity index (χ3v) is 4.78. The number of benzene rings is 2. The maximum Gasteiger partial charge on any atom is 0.341 e. The molecule has 1 amide bonds. The molecule has 0 bridgehead atoms. The summed E-state index contributed by atoms with van der Waals surface area (Å²) in [6.07, 6.45) is 0. The van der Waals surface area contributed by atoms with Crippen molar-refractivity contribution in [2.45, 2.75) is 0 Å². The van der Waals surface area contributed by atoms with E-state index in [9.17, 15) is 24.1 Å². The molecule has 28 heavy (non-hydrogen) atoms. The molecule has 0 saturated carbocycles. The van der Waals surface area contributed by atoms with E-state index in [0.29, 0.717) is 11.1 Å². The molecule has 142 valence electrons. The second kappa shape index (κ2) is 7.97. The van der Waals surface area contributed by atoms with Gasteiger partial charge in [0.05, 0.1) is 12.0 Å². The molecule has 1 N–H and O–H groups in total. The molecule has 3 aromatic rings. The summed E-state index contributed by atoms with van der Waals surface area (Å²) in [7, 11) is 1.21. The average molecular weight is 400 g/mol. The van der Waals surface area contributed by atoms with Gasteiger partial charge in [-0.2, -0.15) is 0 Å². The predicted molar refractivity (Wildman–Crippen MR) is 102 cm³/mol. The van der Waals surface area contributed by atoms with Gasteiger partial charge in [-0.15, -0.1) is 11.3 Å². The zero-order valence-corrected chi connectivity index (χ0v) is 15.3. The minimum absolute atomic E-state index is 0.0711. The fourth-order valence-electron chi connectivity index (χ4n) is 2.53. The van der Waals surface area contributed by atoms with E-state index in [1.165, 1.54) is 49.6 Å². The van der Waals surface area contributed by atoms with Crippen LogP contribution in [0.25, 0.3) is 11.1 Å². The van der Waals surface area contributed by atoms with Crippen LogP contribution >= 0.6 is 11.3 Å². The number of anilines is 1. The Morgan fingerprint density at radius 3 is 2.54 bits per heavy atom. The monoisotopic (exact) mass is 400 g/mol. The molecule has 0 fully saturated rings. The highest BCUT2D eigenvalue weighted by atomic mass is 32.1. The number of carbonyl (C=O) groups is 2. The van der Waals surface area contributed by atoms with Crippen molar-refractivity contribution < 1.29 is 23.6 Å². The molecule has 1 heterocycles. The number of thiophene rings is 1. The molecule has 0 aliphatic rings. The number of nitro groups is 1. The number of methoxy groups -OCH3 is 1. The summed E-state index contributed by atoms with van der Waals surface area (Å²) in [5.74, 6) is -1.70. The Balaban J connectivity index is 1.97. The summed E-state index contributed by atoms with van der Waals surface area (Å²) in [6.45, 7) is 0. The molecule has 0 aliphatic heterocycles. The first-order chi connectivity index (χ1) is 13.4. The highest BCUT2D eigenvalue weighted by molar-refractivity contribution is 7.15. The molecule has 7 nitrogen and oxygen atoms in total. The number of hydrogen-bond acceptors (Lipinski definition) is 6. The lowest BCUT2D eigenvalue weighted by Crippen LogP contribution is -2.14. The van der Waals surface area contributed by atoms with Gasteiger partial charge in [-0.05, 0) is 23.8 Å². The van der Waals surface area contributed by atoms with Gasteiger partial charge in [0.1, 0.15) is 16.4 Å². The van der Waals surface area contributed by atoms with Crippen LogP contribution in [0.15, 0.2) is 53.9 Å². The smallest absolute Gasteiger partial charge is 0.341 e. The van der Waals surface area contributed by atoms with E-state index >= 15 is 0 Å². The van der Waals surface area contributed by atoms with E-state index in [2.05, 4.69) is 5.32 Å². The molecule has 0 radical (unpaired) electrons. The SMILES string of the molecule is COC(=O)c1c(-c2ccc(F)cc2)csc1NC(=O)c1cccc([N+](=O)[O-])c1. The first kappa shape index (κ1) is 19.2. The number of rotatable bonds is 5. The number of nitrogens with zero attached hydrogens (tertiary/aromatic N) is 1. The normalized spacial score (nSPS) is 10.4. The lowest BCUT2D eigenvalue weighted by atomic mass is 10.0. The van der Waals surface area contributed by atoms with E-state index < -0.39 is 22.6 Å². The van der Waals surface area contributed by atoms with Crippen molar-refractivity contribution in [1.82, 2.24) is 0 Å². The van der Waals surface area contributed by atoms with E-state index in [0.717, 1.165) is 17.4 Å². The molecule has 9 heteroatoms. The first-order valence-electron chi connectivity index (χ1n) is 7.92. The molecule has 0 unspecified atom stereocenters. The zero-order valence-electron chi connectivity index (χ0n) is 14.5. The third kappa shape index (κ3) is 3.89. The molecule has 0 atom stereocenters. The number of halogens is 1. The number of amides is 1. The lowest BCUT2D eigenvalue weighted by molar-refractivity contribution is -0.384. The summed E-state index contributed by atoms with van der Waals surface area (Å²) in [6, 6.07) is 10.8. The largest absolute Gasteiger partial charge is 0.465 e. The number of non-ortho nitro benzene ring substituents is 1. The van der Waals surface area contributed by atoms with Crippen molar-refractivity contribution in [3.8, 4) is 11.1 Å². The molecular weight excluding hydrogens is 387 g/mol. The standard InChI is InChI=1S/C19H13FN2O5S/c1-27-19(24)16-15(11-5-7-13(20)8-6-11)10-28-18(16)21-17(23)12-3-2-4-14(9-12)22(25)26/h2-10H,1H3,(H,21,23). The van der Waals surface area contributed by atoms with Crippen LogP contribution in [-0.4, -0.2) is 23.9 Å². The van der Waals surface area contributed by atoms with Crippen LogP contribution in [0.2, 0.25) is 0 Å². The topological polar surface area (TPSA) is 98.5 Å². The van der Waals surface area contributed by atoms with Crippen molar-refractivity contribution in [3.63, 3.8) is 0 Å². The molecule has 1 aromatic heterocycles. The number of carbonyl (C=O) groups excluding carboxylic acids is 2. The first-order valence-corrected chi connectivity index (χ1v) is 8.80. The Hall–Kier alpha value is -3.59. The molecule has 0 spiro atoms. The van der Waals surface area contributed by atoms with Gasteiger partial charge in [-0.3, -0.25) is 14.9 Å². The summed E-state index contributed by atoms with van der Waals surface area (Å²) in [5, 5.41) is 15.3. The quantitative estimate of drug-likeness (QED) is 0.386. The molecule has 0 saturated heterocycles. The van der Waals surface area contributed by atoms with Gasteiger partial charge in [0.2, 0.25) is 0 Å². The summed E-state index contributed by atoms with van der Waals surface area (Å²) in [4.78, 5) is 35.1. The minimum Gasteiger partial charge on any atom is -0.465 e. The van der Waals surface area contributed by atoms with Gasteiger partial charge in [0, 0.05) is 28.6 Å². The maximum atomic E-state index is 13.2. The van der Waals surface area contributed by atoms with Crippen LogP contribution in [0.3, 0.4) is 0 Å². The second-order valence-electron chi connectivity index (χ2n) is 5.61. The maximum absolute atomic E-state index is 13.2. The van der Waals surface area contributed by atoms with Gasteiger partial charge < -0.3 is 10.1 Å². The van der Waals surface area contributed by atoms with Crippen LogP contribution in [0, 0.1) is 15.9 Å². The number of hydrogen-bond donors (Lipinski definition) is 1. The third-order valence-electron chi connectivity index (χ3n) is 3.88. The van der Waals surface area contributed by atoms with E-state index in [1.54, 1.807) is 5.38 Å². The second-order valence-corrected chi connectivity index (χ2v) is 6.49. The highest BCUT2D eigenvalue weighted by Crippen LogP contribution is 2.36. The summed E-state index contributed by atoms with van der Waals surface area (Å²) >= 11 is 1.09. The Morgan fingerprint density at radius 1 is 1.18 bits per heavy atom. The van der Waals surface area contributed by atoms with Gasteiger partial charge in [0.25, 0.3) is 11.6 Å². The van der Waals surface area contributed by atoms with Crippen LogP contribution in [-0.2, 0) is 4.74 Å². The van der Waals surface area contributed by atoms with Crippen molar-refractivity contribution in [2.24, 2.45) is 0 Å². The van der Waals surface area contributed by atoms with Gasteiger partial charge in [0.15, 0.2) is 0 Å². The van der Waals surface area contributed by atoms with Crippen LogP contribution in [0.1, 0.15) is 20.7 Å². The Labute approximate surface area is 162 Å². The summed E-state index contributed by atoms with van der Waals surface area (Å²) < 4.78 is 18.0. The molecule has 3 rings (SSSR count). The Kier molecular flexibility index (Phi) is 5.46. The van der Waals surface area contributed by atoms with Crippen LogP contribution < -0.4 is 5.32 Å². The van der Waals surface area contributed by atoms with Crippen molar-refractivity contribution in [1.29, 1.82) is 0 Å². The minimum atomic E-state index is -0.671. The van der Waals surface area contributed by atoms with Crippen LogP contribution in [0.5, 0.6) is 0 Å². The molecule has 0 aliphatic carbocycles. The van der Waals surface area contributed by atoms with E-state index in [-0.39, 0.29) is 21.8 Å². The van der Waals surface area contributed by atoms with E-state index in [1.807, 2.05) is 0 Å². The fraction of sp³-hybridized carbons (Fsp3) is 0.0526. The van der Waals surface area contributed by atoms with E-state index in [4.69, 9.17) is 4.74 Å². The number of ether oxygens (including phenoxy) is 1. The van der Waals surface area contributed by atoms with Crippen molar-refractivity contribution in [2.75, 3.05) is 12.4 Å². The summed E-state index contributed by atoms with van der Waals surface area (Å²) in [5.41, 5.74) is 1.03.